The summed E-state index contributed by atoms with van der Waals surface area (Å²) in [6.07, 6.45) is -5.87. The molecule has 1 N–H and O–H groups in total. The summed E-state index contributed by atoms with van der Waals surface area (Å²) in [6, 6.07) is 18.6. The van der Waals surface area contributed by atoms with E-state index in [1.54, 1.807) is 36.4 Å². The lowest BCUT2D eigenvalue weighted by atomic mass is 10.1. The molecule has 1 fully saturated rings. The number of imide groups is 1. The molecule has 0 bridgehead atoms. The first-order valence-corrected chi connectivity index (χ1v) is 16.6. The van der Waals surface area contributed by atoms with Crippen LogP contribution < -0.4 is 4.72 Å². The SMILES string of the molecule is Cc1ccc(-c2cc(C(F)(F)F)nn2-c2ccc(S(=O)(=O)NC(=O)C3CCN([N+]([O-])=NOC(C)N4C(=O)c5ccccc5C4=O)C3)cc2)cc1. The van der Waals surface area contributed by atoms with Gasteiger partial charge in [-0.3, -0.25) is 14.4 Å². The minimum Gasteiger partial charge on any atom is -0.569 e. The number of alkyl halides is 3. The average Bonchev–Trinajstić information content (AvgIpc) is 3.82. The monoisotopic (exact) mass is 711 g/mol. The smallest absolute Gasteiger partial charge is 0.435 e. The van der Waals surface area contributed by atoms with Crippen molar-refractivity contribution in [2.75, 3.05) is 13.1 Å². The zero-order chi connectivity index (χ0) is 36.0. The highest BCUT2D eigenvalue weighted by atomic mass is 32.2. The maximum absolute atomic E-state index is 13.6. The van der Waals surface area contributed by atoms with Crippen molar-refractivity contribution in [3.63, 3.8) is 0 Å². The van der Waals surface area contributed by atoms with Crippen LogP contribution in [-0.4, -0.2) is 70.1 Å². The quantitative estimate of drug-likeness (QED) is 0.114. The van der Waals surface area contributed by atoms with Crippen molar-refractivity contribution >= 4 is 27.7 Å². The van der Waals surface area contributed by atoms with Crippen LogP contribution in [0.25, 0.3) is 16.9 Å². The van der Waals surface area contributed by atoms with Crippen molar-refractivity contribution in [2.45, 2.75) is 37.6 Å². The Labute approximate surface area is 282 Å². The Morgan fingerprint density at radius 1 is 1.04 bits per heavy atom. The van der Waals surface area contributed by atoms with E-state index in [1.165, 1.54) is 31.2 Å². The Hall–Kier alpha value is -5.78. The molecule has 0 spiro atoms. The maximum Gasteiger partial charge on any atom is 0.435 e. The molecule has 50 heavy (non-hydrogen) atoms. The van der Waals surface area contributed by atoms with Gasteiger partial charge in [0.05, 0.1) is 51.4 Å². The summed E-state index contributed by atoms with van der Waals surface area (Å²) in [4.78, 5) is 43.8. The number of carbonyl (C=O) groups is 3. The number of amides is 3. The zero-order valence-electron chi connectivity index (χ0n) is 26.4. The molecular weight excluding hydrogens is 683 g/mol. The molecular formula is C32H28F3N7O7S. The zero-order valence-corrected chi connectivity index (χ0v) is 27.2. The number of benzene rings is 3. The highest BCUT2D eigenvalue weighted by Crippen LogP contribution is 2.33. The fraction of sp³-hybridized carbons (Fsp3) is 0.250. The van der Waals surface area contributed by atoms with Gasteiger partial charge in [0.25, 0.3) is 21.8 Å². The molecule has 1 aromatic heterocycles. The third-order valence-electron chi connectivity index (χ3n) is 8.21. The highest BCUT2D eigenvalue weighted by Gasteiger charge is 2.40. The number of hydrogen-bond acceptors (Lipinski definition) is 9. The molecule has 4 aromatic rings. The van der Waals surface area contributed by atoms with Crippen LogP contribution in [-0.2, 0) is 25.8 Å². The molecule has 2 atom stereocenters. The number of hydrazine groups is 1. The summed E-state index contributed by atoms with van der Waals surface area (Å²) in [5, 5.41) is 20.8. The Morgan fingerprint density at radius 3 is 2.26 bits per heavy atom. The molecule has 0 saturated carbocycles. The molecule has 3 amide bonds. The normalized spacial score (nSPS) is 17.2. The first kappa shape index (κ1) is 34.1. The third-order valence-corrected chi connectivity index (χ3v) is 9.57. The predicted octanol–water partition coefficient (Wildman–Crippen LogP) is 4.44. The number of carbonyl (C=O) groups excluding carboxylic acids is 3. The van der Waals surface area contributed by atoms with Crippen LogP contribution >= 0.6 is 0 Å². The molecule has 2 aliphatic heterocycles. The number of nitrogens with one attached hydrogen (secondary N) is 1. The number of fused-ring (bicyclic) bond motifs is 1. The topological polar surface area (TPSA) is 169 Å². The van der Waals surface area contributed by atoms with Gasteiger partial charge in [-0.1, -0.05) is 42.0 Å². The van der Waals surface area contributed by atoms with E-state index in [4.69, 9.17) is 4.84 Å². The standard InChI is InChI=1S/C32H28F3N7O7S/c1-19-7-9-21(10-8-19)27-17-28(32(33,34)35)36-41(27)23-11-13-24(14-12-23)50(47,48)37-29(43)22-15-16-39(18-22)42(46)38-49-20(2)40-30(44)25-5-3-4-6-26(25)31(40)45/h3-14,17,20,22H,15-16,18H2,1-2H3,(H,37,43). The van der Waals surface area contributed by atoms with Gasteiger partial charge < -0.3 is 10.0 Å². The summed E-state index contributed by atoms with van der Waals surface area (Å²) in [6.45, 7) is 2.98. The highest BCUT2D eigenvalue weighted by molar-refractivity contribution is 7.90. The van der Waals surface area contributed by atoms with Crippen molar-refractivity contribution in [3.8, 4) is 16.9 Å². The van der Waals surface area contributed by atoms with Gasteiger partial charge in [-0.15, -0.1) is 5.01 Å². The van der Waals surface area contributed by atoms with E-state index in [0.29, 0.717) is 5.56 Å². The lowest BCUT2D eigenvalue weighted by Crippen LogP contribution is -2.40. The van der Waals surface area contributed by atoms with Crippen molar-refractivity contribution in [2.24, 2.45) is 11.2 Å². The van der Waals surface area contributed by atoms with E-state index in [-0.39, 0.29) is 51.9 Å². The summed E-state index contributed by atoms with van der Waals surface area (Å²) in [5.74, 6) is -3.05. The second kappa shape index (κ2) is 12.9. The van der Waals surface area contributed by atoms with Gasteiger partial charge in [0.2, 0.25) is 17.4 Å². The van der Waals surface area contributed by atoms with Gasteiger partial charge in [0.15, 0.2) is 5.69 Å². The molecule has 3 heterocycles. The van der Waals surface area contributed by atoms with E-state index >= 15 is 0 Å². The van der Waals surface area contributed by atoms with E-state index in [2.05, 4.69) is 10.4 Å². The van der Waals surface area contributed by atoms with E-state index < -0.39 is 51.8 Å². The minimum atomic E-state index is -4.72. The van der Waals surface area contributed by atoms with Crippen LogP contribution in [0.4, 0.5) is 13.2 Å². The third kappa shape index (κ3) is 6.60. The molecule has 2 unspecified atom stereocenters. The van der Waals surface area contributed by atoms with Gasteiger partial charge in [0, 0.05) is 5.56 Å². The molecule has 3 aromatic carbocycles. The van der Waals surface area contributed by atoms with Crippen LogP contribution in [0.15, 0.2) is 89.0 Å². The van der Waals surface area contributed by atoms with Crippen molar-refractivity contribution < 1.29 is 45.8 Å². The summed E-state index contributed by atoms with van der Waals surface area (Å²) in [7, 11) is -4.42. The Bertz CT molecular complexity index is 2080. The average molecular weight is 712 g/mol. The summed E-state index contributed by atoms with van der Waals surface area (Å²) >= 11 is 0. The number of sulfonamides is 1. The Kier molecular flexibility index (Phi) is 8.81. The van der Waals surface area contributed by atoms with Crippen molar-refractivity contribution in [1.29, 1.82) is 0 Å². The Morgan fingerprint density at radius 2 is 1.66 bits per heavy atom. The number of hydrogen-bond donors (Lipinski definition) is 1. The molecule has 18 heteroatoms. The van der Waals surface area contributed by atoms with E-state index in [0.717, 1.165) is 38.4 Å². The fourth-order valence-electron chi connectivity index (χ4n) is 5.54. The first-order chi connectivity index (χ1) is 23.6. The number of halogens is 3. The molecule has 1 saturated heterocycles. The van der Waals surface area contributed by atoms with Crippen LogP contribution in [0.3, 0.4) is 0 Å². The van der Waals surface area contributed by atoms with Gasteiger partial charge in [-0.25, -0.2) is 22.7 Å². The number of nitrogens with zero attached hydrogens (tertiary/aromatic N) is 6. The summed E-state index contributed by atoms with van der Waals surface area (Å²) in [5.41, 5.74) is 0.893. The number of aryl methyl sites for hydroxylation is 1. The van der Waals surface area contributed by atoms with Gasteiger partial charge >= 0.3 is 6.18 Å². The van der Waals surface area contributed by atoms with Gasteiger partial charge in [0.1, 0.15) is 0 Å². The molecule has 0 radical (unpaired) electrons. The largest absolute Gasteiger partial charge is 0.569 e. The van der Waals surface area contributed by atoms with Crippen LogP contribution in [0, 0.1) is 18.0 Å². The number of rotatable bonds is 9. The van der Waals surface area contributed by atoms with Crippen LogP contribution in [0.1, 0.15) is 45.3 Å². The van der Waals surface area contributed by atoms with E-state index in [9.17, 15) is 41.2 Å². The van der Waals surface area contributed by atoms with Gasteiger partial charge in [-0.05, 0) is 62.7 Å². The van der Waals surface area contributed by atoms with Crippen molar-refractivity contribution in [1.82, 2.24) is 24.4 Å². The maximum atomic E-state index is 13.6. The second-order valence-corrected chi connectivity index (χ2v) is 13.3. The fourth-order valence-corrected chi connectivity index (χ4v) is 6.59. The van der Waals surface area contributed by atoms with E-state index in [1.807, 2.05) is 11.6 Å². The van der Waals surface area contributed by atoms with Crippen LogP contribution in [0.5, 0.6) is 0 Å². The lowest BCUT2D eigenvalue weighted by Gasteiger charge is -2.19. The Balaban J connectivity index is 1.09. The summed E-state index contributed by atoms with van der Waals surface area (Å²) < 4.78 is 69.8. The van der Waals surface area contributed by atoms with Gasteiger partial charge in [-0.2, -0.15) is 18.3 Å². The molecule has 2 aliphatic rings. The molecule has 0 aliphatic carbocycles. The molecule has 260 valence electrons. The first-order valence-electron chi connectivity index (χ1n) is 15.1. The molecule has 14 nitrogen and oxygen atoms in total. The predicted molar refractivity (Wildman–Crippen MR) is 167 cm³/mol. The lowest BCUT2D eigenvalue weighted by molar-refractivity contribution is -0.709. The van der Waals surface area contributed by atoms with Crippen LogP contribution in [0.2, 0.25) is 0 Å². The molecule has 6 rings (SSSR count). The number of aromatic nitrogens is 2. The van der Waals surface area contributed by atoms with Crippen molar-refractivity contribution in [3.05, 3.63) is 106 Å². The minimum absolute atomic E-state index is 0.0116. The second-order valence-electron chi connectivity index (χ2n) is 11.6.